The van der Waals surface area contributed by atoms with Gasteiger partial charge in [0, 0.05) is 0 Å². The van der Waals surface area contributed by atoms with E-state index in [-0.39, 0.29) is 0 Å². The van der Waals surface area contributed by atoms with Gasteiger partial charge >= 0.3 is 0 Å². The summed E-state index contributed by atoms with van der Waals surface area (Å²) in [5.74, 6) is 1.91. The summed E-state index contributed by atoms with van der Waals surface area (Å²) in [6.45, 7) is 4.60. The molecule has 2 aliphatic rings. The number of aliphatic hydroxyl groups is 1. The summed E-state index contributed by atoms with van der Waals surface area (Å²) in [7, 11) is 0. The lowest BCUT2D eigenvalue weighted by Gasteiger charge is -2.42. The molecule has 3 atom stereocenters. The molecule has 110 valence electrons. The Bertz CT molecular complexity index is 455. The van der Waals surface area contributed by atoms with Gasteiger partial charge < -0.3 is 5.11 Å². The number of hydrogen-bond donors (Lipinski definition) is 1. The van der Waals surface area contributed by atoms with E-state index >= 15 is 0 Å². The van der Waals surface area contributed by atoms with Crippen LogP contribution in [0.25, 0.3) is 0 Å². The summed E-state index contributed by atoms with van der Waals surface area (Å²) in [5, 5.41) is 11.1. The lowest BCUT2D eigenvalue weighted by molar-refractivity contribution is -0.0436. The van der Waals surface area contributed by atoms with Crippen LogP contribution in [-0.4, -0.2) is 10.7 Å². The molecule has 1 heteroatoms. The fourth-order valence-corrected chi connectivity index (χ4v) is 4.93. The zero-order valence-electron chi connectivity index (χ0n) is 12.9. The highest BCUT2D eigenvalue weighted by Gasteiger charge is 2.38. The van der Waals surface area contributed by atoms with E-state index in [2.05, 4.69) is 38.1 Å². The second-order valence-corrected chi connectivity index (χ2v) is 7.57. The van der Waals surface area contributed by atoms with Gasteiger partial charge in [0.2, 0.25) is 0 Å². The molecule has 0 bridgehead atoms. The highest BCUT2D eigenvalue weighted by molar-refractivity contribution is 5.32. The van der Waals surface area contributed by atoms with Crippen LogP contribution in [0.2, 0.25) is 0 Å². The summed E-state index contributed by atoms with van der Waals surface area (Å²) in [4.78, 5) is 0. The van der Waals surface area contributed by atoms with Gasteiger partial charge in [-0.3, -0.25) is 0 Å². The Morgan fingerprint density at radius 3 is 2.60 bits per heavy atom. The Hall–Kier alpha value is -0.820. The van der Waals surface area contributed by atoms with Crippen LogP contribution in [0.1, 0.15) is 69.4 Å². The first-order chi connectivity index (χ1) is 9.56. The van der Waals surface area contributed by atoms with Crippen LogP contribution in [0.5, 0.6) is 0 Å². The fourth-order valence-electron chi connectivity index (χ4n) is 4.93. The zero-order valence-corrected chi connectivity index (χ0v) is 12.9. The van der Waals surface area contributed by atoms with Crippen molar-refractivity contribution in [1.82, 2.24) is 0 Å². The predicted molar refractivity (Wildman–Crippen MR) is 83.9 cm³/mol. The second kappa shape index (κ2) is 5.52. The van der Waals surface area contributed by atoms with Gasteiger partial charge in [0.15, 0.2) is 0 Å². The van der Waals surface area contributed by atoms with Gasteiger partial charge in [0.1, 0.15) is 0 Å². The van der Waals surface area contributed by atoms with Crippen LogP contribution < -0.4 is 0 Å². The second-order valence-electron chi connectivity index (χ2n) is 7.57. The average molecular weight is 272 g/mol. The zero-order chi connectivity index (χ0) is 14.2. The minimum Gasteiger partial charge on any atom is -0.390 e. The molecule has 0 aromatic heterocycles. The summed E-state index contributed by atoms with van der Waals surface area (Å²) in [6.07, 6.45) is 8.00. The van der Waals surface area contributed by atoms with Crippen LogP contribution in [0, 0.1) is 11.8 Å². The Balaban J connectivity index is 1.78. The van der Waals surface area contributed by atoms with E-state index in [9.17, 15) is 5.11 Å². The van der Waals surface area contributed by atoms with Crippen molar-refractivity contribution in [3.63, 3.8) is 0 Å². The van der Waals surface area contributed by atoms with Gasteiger partial charge in [-0.15, -0.1) is 0 Å². The topological polar surface area (TPSA) is 20.2 Å². The summed E-state index contributed by atoms with van der Waals surface area (Å²) >= 11 is 0. The lowest BCUT2D eigenvalue weighted by atomic mass is 9.68. The normalized spacial score (nSPS) is 37.5. The van der Waals surface area contributed by atoms with Gasteiger partial charge in [0.25, 0.3) is 0 Å². The standard InChI is InChI=1S/C19H28O/c1-14-10-15(2)12-19(20,11-14)13-17-8-5-7-16-6-3-4-9-18(16)17/h3-4,6,9,14-15,17,20H,5,7-8,10-13H2,1-2H3. The molecule has 0 radical (unpaired) electrons. The summed E-state index contributed by atoms with van der Waals surface area (Å²) in [5.41, 5.74) is 2.61. The first-order valence-electron chi connectivity index (χ1n) is 8.36. The highest BCUT2D eigenvalue weighted by atomic mass is 16.3. The minimum absolute atomic E-state index is 0.424. The van der Waals surface area contributed by atoms with Gasteiger partial charge in [-0.2, -0.15) is 0 Å². The molecule has 3 rings (SSSR count). The molecular formula is C19H28O. The molecule has 2 aliphatic carbocycles. The minimum atomic E-state index is -0.424. The van der Waals surface area contributed by atoms with Crippen LogP contribution in [0.3, 0.4) is 0 Å². The third-order valence-corrected chi connectivity index (χ3v) is 5.38. The van der Waals surface area contributed by atoms with Gasteiger partial charge in [0.05, 0.1) is 5.60 Å². The van der Waals surface area contributed by atoms with Crippen molar-refractivity contribution in [1.29, 1.82) is 0 Å². The van der Waals surface area contributed by atoms with E-state index in [1.807, 2.05) is 0 Å². The number of rotatable bonds is 2. The van der Waals surface area contributed by atoms with Crippen molar-refractivity contribution in [3.05, 3.63) is 35.4 Å². The predicted octanol–water partition coefficient (Wildman–Crippen LogP) is 4.68. The van der Waals surface area contributed by atoms with Crippen molar-refractivity contribution in [3.8, 4) is 0 Å². The van der Waals surface area contributed by atoms with E-state index in [0.717, 1.165) is 19.3 Å². The molecule has 0 aliphatic heterocycles. The molecule has 0 spiro atoms. The summed E-state index contributed by atoms with van der Waals surface area (Å²) in [6, 6.07) is 8.88. The smallest absolute Gasteiger partial charge is 0.0658 e. The number of fused-ring (bicyclic) bond motifs is 1. The molecule has 3 unspecified atom stereocenters. The Labute approximate surface area is 123 Å². The van der Waals surface area contributed by atoms with Crippen LogP contribution in [0.4, 0.5) is 0 Å². The Kier molecular flexibility index (Phi) is 3.90. The van der Waals surface area contributed by atoms with E-state index < -0.39 is 5.60 Å². The molecule has 0 amide bonds. The van der Waals surface area contributed by atoms with Crippen LogP contribution >= 0.6 is 0 Å². The van der Waals surface area contributed by atoms with E-state index in [4.69, 9.17) is 0 Å². The molecular weight excluding hydrogens is 244 g/mol. The first-order valence-corrected chi connectivity index (χ1v) is 8.36. The molecule has 0 heterocycles. The van der Waals surface area contributed by atoms with Gasteiger partial charge in [-0.1, -0.05) is 38.1 Å². The number of aryl methyl sites for hydroxylation is 1. The largest absolute Gasteiger partial charge is 0.390 e. The first kappa shape index (κ1) is 14.1. The maximum absolute atomic E-state index is 11.1. The Morgan fingerprint density at radius 1 is 1.15 bits per heavy atom. The third-order valence-electron chi connectivity index (χ3n) is 5.38. The van der Waals surface area contributed by atoms with Crippen LogP contribution in [-0.2, 0) is 6.42 Å². The molecule has 0 saturated heterocycles. The summed E-state index contributed by atoms with van der Waals surface area (Å²) < 4.78 is 0. The van der Waals surface area contributed by atoms with Crippen molar-refractivity contribution in [2.24, 2.45) is 11.8 Å². The SMILES string of the molecule is CC1CC(C)CC(O)(CC2CCCc3ccccc32)C1. The molecule has 1 saturated carbocycles. The fraction of sp³-hybridized carbons (Fsp3) is 0.684. The molecule has 1 aromatic rings. The van der Waals surface area contributed by atoms with E-state index in [0.29, 0.717) is 17.8 Å². The monoisotopic (exact) mass is 272 g/mol. The maximum atomic E-state index is 11.1. The number of hydrogen-bond acceptors (Lipinski definition) is 1. The molecule has 20 heavy (non-hydrogen) atoms. The Morgan fingerprint density at radius 2 is 1.85 bits per heavy atom. The quantitative estimate of drug-likeness (QED) is 0.828. The third kappa shape index (κ3) is 2.93. The van der Waals surface area contributed by atoms with Crippen LogP contribution in [0.15, 0.2) is 24.3 Å². The van der Waals surface area contributed by atoms with Crippen molar-refractivity contribution >= 4 is 0 Å². The van der Waals surface area contributed by atoms with Gasteiger partial charge in [-0.25, -0.2) is 0 Å². The molecule has 1 fully saturated rings. The van der Waals surface area contributed by atoms with E-state index in [1.165, 1.54) is 36.8 Å². The van der Waals surface area contributed by atoms with Crippen molar-refractivity contribution in [2.75, 3.05) is 0 Å². The van der Waals surface area contributed by atoms with Gasteiger partial charge in [-0.05, 0) is 73.8 Å². The molecule has 1 nitrogen and oxygen atoms in total. The number of benzene rings is 1. The lowest BCUT2D eigenvalue weighted by Crippen LogP contribution is -2.39. The van der Waals surface area contributed by atoms with E-state index in [1.54, 1.807) is 0 Å². The van der Waals surface area contributed by atoms with Crippen molar-refractivity contribution in [2.45, 2.75) is 70.3 Å². The highest BCUT2D eigenvalue weighted by Crippen LogP contribution is 2.44. The molecule has 1 aromatic carbocycles. The molecule has 1 N–H and O–H groups in total. The average Bonchev–Trinajstić information content (AvgIpc) is 2.37. The van der Waals surface area contributed by atoms with Crippen molar-refractivity contribution < 1.29 is 5.11 Å². The maximum Gasteiger partial charge on any atom is 0.0658 e.